The number of allylic oxidation sites excluding steroid dienone is 1. The molecule has 0 unspecified atom stereocenters. The Morgan fingerprint density at radius 1 is 1.20 bits per heavy atom. The van der Waals surface area contributed by atoms with Gasteiger partial charge in [-0.1, -0.05) is 30.3 Å². The predicted molar refractivity (Wildman–Crippen MR) is 86.2 cm³/mol. The van der Waals surface area contributed by atoms with E-state index < -0.39 is 0 Å². The Morgan fingerprint density at radius 3 is 2.25 bits per heavy atom. The highest BCUT2D eigenvalue weighted by Gasteiger charge is 2.19. The van der Waals surface area contributed by atoms with Gasteiger partial charge in [0.2, 0.25) is 0 Å². The Kier molecular flexibility index (Phi) is 6.39. The van der Waals surface area contributed by atoms with Crippen LogP contribution in [0.2, 0.25) is 0 Å². The zero-order valence-electron chi connectivity index (χ0n) is 12.3. The summed E-state index contributed by atoms with van der Waals surface area (Å²) >= 11 is 0. The third-order valence-corrected chi connectivity index (χ3v) is 3.75. The van der Waals surface area contributed by atoms with Gasteiger partial charge in [-0.05, 0) is 38.0 Å². The number of benzene rings is 1. The van der Waals surface area contributed by atoms with Gasteiger partial charge in [0.05, 0.1) is 11.5 Å². The lowest BCUT2D eigenvalue weighted by molar-refractivity contribution is -0.134. The van der Waals surface area contributed by atoms with Gasteiger partial charge in [-0.15, -0.1) is 0 Å². The predicted octanol–water partition coefficient (Wildman–Crippen LogP) is 2.92. The highest BCUT2D eigenvalue weighted by molar-refractivity contribution is 8.16. The van der Waals surface area contributed by atoms with E-state index in [1.165, 1.54) is 13.0 Å². The molecule has 0 aliphatic carbocycles. The molecule has 3 nitrogen and oxygen atoms in total. The first-order chi connectivity index (χ1) is 9.47. The first-order valence-electron chi connectivity index (χ1n) is 6.37. The maximum atomic E-state index is 12.2. The summed E-state index contributed by atoms with van der Waals surface area (Å²) in [6, 6.07) is 9.45. The van der Waals surface area contributed by atoms with E-state index in [-0.39, 0.29) is 22.2 Å². The van der Waals surface area contributed by atoms with Crippen LogP contribution in [0.25, 0.3) is 5.57 Å². The summed E-state index contributed by atoms with van der Waals surface area (Å²) in [6.07, 6.45) is 5.40. The molecular weight excluding hydrogens is 272 g/mol. The molecule has 0 N–H and O–H groups in total. The van der Waals surface area contributed by atoms with Crippen LogP contribution in [-0.2, 0) is 14.3 Å². The average Bonchev–Trinajstić information content (AvgIpc) is 2.38. The standard InChI is InChI=1S/C16H20O3S/c1-5-19-16(18)15(20(3)4)14(11-12(2)17)13-9-7-6-8-10-13/h6-11H,5H2,1-4H3/b14-11+. The Hall–Kier alpha value is -1.68. The highest BCUT2D eigenvalue weighted by atomic mass is 32.2. The molecule has 0 aliphatic heterocycles. The molecule has 0 spiro atoms. The fourth-order valence-electron chi connectivity index (χ4n) is 1.79. The van der Waals surface area contributed by atoms with Crippen LogP contribution in [0.5, 0.6) is 0 Å². The van der Waals surface area contributed by atoms with E-state index in [1.54, 1.807) is 6.92 Å². The normalized spacial score (nSPS) is 11.3. The lowest BCUT2D eigenvalue weighted by atomic mass is 10.0. The number of rotatable bonds is 5. The summed E-state index contributed by atoms with van der Waals surface area (Å²) in [4.78, 5) is 24.2. The number of ether oxygens (including phenoxy) is 1. The van der Waals surface area contributed by atoms with Crippen LogP contribution in [-0.4, -0.2) is 35.7 Å². The van der Waals surface area contributed by atoms with E-state index >= 15 is 0 Å². The molecule has 1 aromatic rings. The number of hydrogen-bond acceptors (Lipinski definition) is 3. The van der Waals surface area contributed by atoms with Crippen molar-refractivity contribution in [2.24, 2.45) is 0 Å². The molecule has 1 rings (SSSR count). The lowest BCUT2D eigenvalue weighted by Gasteiger charge is -2.13. The van der Waals surface area contributed by atoms with Crippen LogP contribution < -0.4 is 0 Å². The van der Waals surface area contributed by atoms with Crippen LogP contribution in [0.3, 0.4) is 0 Å². The Bertz CT molecular complexity index is 552. The van der Waals surface area contributed by atoms with Gasteiger partial charge in [-0.3, -0.25) is 4.79 Å². The Balaban J connectivity index is 3.40. The monoisotopic (exact) mass is 292 g/mol. The van der Waals surface area contributed by atoms with Crippen molar-refractivity contribution in [3.05, 3.63) is 42.0 Å². The molecule has 0 aromatic heterocycles. The molecule has 0 bridgehead atoms. The van der Waals surface area contributed by atoms with Crippen LogP contribution in [0.1, 0.15) is 19.4 Å². The van der Waals surface area contributed by atoms with Gasteiger partial charge in [-0.2, -0.15) is 10.5 Å². The second kappa shape index (κ2) is 7.80. The van der Waals surface area contributed by atoms with Crippen molar-refractivity contribution in [1.29, 1.82) is 0 Å². The van der Waals surface area contributed by atoms with Crippen molar-refractivity contribution in [2.75, 3.05) is 19.1 Å². The molecule has 0 aliphatic rings. The smallest absolute Gasteiger partial charge is 0.344 e. The maximum Gasteiger partial charge on any atom is 0.344 e. The van der Waals surface area contributed by atoms with Gasteiger partial charge in [-0.25, -0.2) is 4.79 Å². The fraction of sp³-hybridized carbons (Fsp3) is 0.312. The topological polar surface area (TPSA) is 43.4 Å². The molecule has 0 atom stereocenters. The molecule has 20 heavy (non-hydrogen) atoms. The van der Waals surface area contributed by atoms with Crippen molar-refractivity contribution in [3.8, 4) is 0 Å². The molecular formula is C16H20O3S. The summed E-state index contributed by atoms with van der Waals surface area (Å²) in [7, 11) is -0.310. The minimum absolute atomic E-state index is 0.0869. The fourth-order valence-corrected chi connectivity index (χ4v) is 2.80. The summed E-state index contributed by atoms with van der Waals surface area (Å²) in [5.74, 6) is -0.437. The van der Waals surface area contributed by atoms with Crippen LogP contribution in [0.15, 0.2) is 36.4 Å². The van der Waals surface area contributed by atoms with E-state index in [0.29, 0.717) is 17.0 Å². The third kappa shape index (κ3) is 4.46. The highest BCUT2D eigenvalue weighted by Crippen LogP contribution is 2.23. The molecule has 108 valence electrons. The van der Waals surface area contributed by atoms with Crippen molar-refractivity contribution < 1.29 is 14.3 Å². The zero-order chi connectivity index (χ0) is 15.1. The van der Waals surface area contributed by atoms with Gasteiger partial charge in [0.15, 0.2) is 5.78 Å². The summed E-state index contributed by atoms with van der Waals surface area (Å²) in [5.41, 5.74) is 1.51. The summed E-state index contributed by atoms with van der Waals surface area (Å²) in [5, 5.41) is 0. The lowest BCUT2D eigenvalue weighted by Crippen LogP contribution is -2.20. The second-order valence-electron chi connectivity index (χ2n) is 4.40. The van der Waals surface area contributed by atoms with Crippen molar-refractivity contribution >= 4 is 32.7 Å². The SMILES string of the molecule is CCOC(=O)C(/C(=C/C(C)=O)c1ccccc1)=S(C)C. The van der Waals surface area contributed by atoms with Crippen LogP contribution in [0, 0.1) is 0 Å². The molecule has 0 radical (unpaired) electrons. The number of carbonyl (C=O) groups is 2. The average molecular weight is 292 g/mol. The molecule has 4 heteroatoms. The maximum absolute atomic E-state index is 12.2. The first kappa shape index (κ1) is 16.4. The minimum atomic E-state index is -0.350. The largest absolute Gasteiger partial charge is 0.462 e. The third-order valence-electron chi connectivity index (χ3n) is 2.55. The van der Waals surface area contributed by atoms with Gasteiger partial charge in [0.1, 0.15) is 0 Å². The Labute approximate surface area is 122 Å². The molecule has 1 aromatic carbocycles. The quantitative estimate of drug-likeness (QED) is 0.476. The molecule has 0 heterocycles. The minimum Gasteiger partial charge on any atom is -0.462 e. The molecule has 0 amide bonds. The van der Waals surface area contributed by atoms with E-state index in [0.717, 1.165) is 5.56 Å². The first-order valence-corrected chi connectivity index (χ1v) is 8.41. The van der Waals surface area contributed by atoms with Crippen LogP contribution >= 0.6 is 10.5 Å². The Morgan fingerprint density at radius 2 is 1.80 bits per heavy atom. The molecule has 0 saturated heterocycles. The second-order valence-corrected chi connectivity index (χ2v) is 6.44. The summed E-state index contributed by atoms with van der Waals surface area (Å²) < 4.78 is 5.13. The van der Waals surface area contributed by atoms with Gasteiger partial charge < -0.3 is 4.74 Å². The number of hydrogen-bond donors (Lipinski definition) is 0. The van der Waals surface area contributed by atoms with E-state index in [9.17, 15) is 9.59 Å². The van der Waals surface area contributed by atoms with Crippen molar-refractivity contribution in [2.45, 2.75) is 13.8 Å². The van der Waals surface area contributed by atoms with Gasteiger partial charge >= 0.3 is 5.97 Å². The summed E-state index contributed by atoms with van der Waals surface area (Å²) in [6.45, 7) is 3.58. The number of ketones is 1. The molecule has 0 fully saturated rings. The molecule has 0 saturated carbocycles. The van der Waals surface area contributed by atoms with E-state index in [2.05, 4.69) is 0 Å². The van der Waals surface area contributed by atoms with Crippen molar-refractivity contribution in [3.63, 3.8) is 0 Å². The number of esters is 1. The van der Waals surface area contributed by atoms with E-state index in [1.807, 2.05) is 42.8 Å². The van der Waals surface area contributed by atoms with Gasteiger partial charge in [0, 0.05) is 5.57 Å². The van der Waals surface area contributed by atoms with E-state index in [4.69, 9.17) is 4.74 Å². The zero-order valence-corrected chi connectivity index (χ0v) is 13.1. The van der Waals surface area contributed by atoms with Gasteiger partial charge in [0.25, 0.3) is 0 Å². The number of carbonyl (C=O) groups excluding carboxylic acids is 2. The van der Waals surface area contributed by atoms with Crippen LogP contribution in [0.4, 0.5) is 0 Å². The van der Waals surface area contributed by atoms with Crippen molar-refractivity contribution in [1.82, 2.24) is 0 Å².